The smallest absolute Gasteiger partial charge is 0.365 e. The Labute approximate surface area is 183 Å². The second-order valence-corrected chi connectivity index (χ2v) is 7.29. The van der Waals surface area contributed by atoms with E-state index in [-0.39, 0.29) is 11.7 Å². The number of aromatic nitrogens is 3. The highest BCUT2D eigenvalue weighted by Crippen LogP contribution is 2.26. The van der Waals surface area contributed by atoms with Gasteiger partial charge in [0, 0.05) is 12.6 Å². The molecule has 0 amide bonds. The van der Waals surface area contributed by atoms with Crippen LogP contribution in [0.5, 0.6) is 5.75 Å². The number of hydrazone groups is 1. The lowest BCUT2D eigenvalue weighted by Crippen LogP contribution is -2.16. The summed E-state index contributed by atoms with van der Waals surface area (Å²) >= 11 is 7.18. The van der Waals surface area contributed by atoms with Crippen molar-refractivity contribution in [1.29, 1.82) is 0 Å². The van der Waals surface area contributed by atoms with E-state index < -0.39 is 5.97 Å². The number of benzene rings is 2. The minimum atomic E-state index is -0.573. The fourth-order valence-electron chi connectivity index (χ4n) is 2.45. The molecule has 1 aromatic heterocycles. The van der Waals surface area contributed by atoms with Crippen LogP contribution in [-0.2, 0) is 16.6 Å². The number of nitrogens with zero attached hydrogens (tertiary/aromatic N) is 4. The predicted molar refractivity (Wildman–Crippen MR) is 118 cm³/mol. The SMILES string of the molecule is CCOC(=O)/C(=N\Nc1ccccc1Cl)Sc1nnc(-c2ccc(OC)cc2)n1C. The number of carbonyl (C=O) groups excluding carboxylic acids is 1. The molecule has 2 aromatic carbocycles. The summed E-state index contributed by atoms with van der Waals surface area (Å²) in [5, 5.41) is 13.7. The minimum absolute atomic E-state index is 0.0774. The lowest BCUT2D eigenvalue weighted by molar-refractivity contribution is -0.134. The Morgan fingerprint density at radius 3 is 2.60 bits per heavy atom. The summed E-state index contributed by atoms with van der Waals surface area (Å²) in [4.78, 5) is 12.4. The zero-order chi connectivity index (χ0) is 21.5. The first kappa shape index (κ1) is 21.7. The van der Waals surface area contributed by atoms with Gasteiger partial charge in [-0.05, 0) is 55.1 Å². The molecule has 1 heterocycles. The summed E-state index contributed by atoms with van der Waals surface area (Å²) < 4.78 is 12.1. The van der Waals surface area contributed by atoms with Crippen LogP contribution in [0.4, 0.5) is 5.69 Å². The summed E-state index contributed by atoms with van der Waals surface area (Å²) in [6, 6.07) is 14.5. The molecule has 0 saturated carbocycles. The average Bonchev–Trinajstić information content (AvgIpc) is 3.12. The summed E-state index contributed by atoms with van der Waals surface area (Å²) in [6.07, 6.45) is 0. The summed E-state index contributed by atoms with van der Waals surface area (Å²) in [7, 11) is 3.42. The average molecular weight is 446 g/mol. The standard InChI is InChI=1S/C20H20ClN5O3S/c1-4-29-19(27)18(24-22-16-8-6-5-7-15(16)21)30-20-25-23-17(26(20)2)13-9-11-14(28-3)12-10-13/h5-12,22H,4H2,1-3H3/b24-18+. The van der Waals surface area contributed by atoms with E-state index in [0.717, 1.165) is 23.1 Å². The van der Waals surface area contributed by atoms with E-state index >= 15 is 0 Å². The van der Waals surface area contributed by atoms with Crippen LogP contribution in [0.1, 0.15) is 6.92 Å². The number of ether oxygens (including phenoxy) is 2. The third-order valence-corrected chi connectivity index (χ3v) is 5.29. The zero-order valence-corrected chi connectivity index (χ0v) is 18.2. The number of esters is 1. The van der Waals surface area contributed by atoms with Gasteiger partial charge in [-0.2, -0.15) is 5.10 Å². The number of halogens is 1. The van der Waals surface area contributed by atoms with Crippen molar-refractivity contribution >= 4 is 40.1 Å². The van der Waals surface area contributed by atoms with E-state index in [1.807, 2.05) is 37.4 Å². The van der Waals surface area contributed by atoms with Crippen molar-refractivity contribution in [1.82, 2.24) is 14.8 Å². The van der Waals surface area contributed by atoms with Gasteiger partial charge >= 0.3 is 5.97 Å². The number of thioether (sulfide) groups is 1. The highest BCUT2D eigenvalue weighted by atomic mass is 35.5. The fourth-order valence-corrected chi connectivity index (χ4v) is 3.34. The molecule has 0 aliphatic carbocycles. The maximum Gasteiger partial charge on any atom is 0.365 e. The lowest BCUT2D eigenvalue weighted by Gasteiger charge is -2.08. The lowest BCUT2D eigenvalue weighted by atomic mass is 10.2. The van der Waals surface area contributed by atoms with Crippen LogP contribution < -0.4 is 10.2 Å². The van der Waals surface area contributed by atoms with Crippen LogP contribution in [0.3, 0.4) is 0 Å². The van der Waals surface area contributed by atoms with Crippen LogP contribution in [0.15, 0.2) is 58.8 Å². The number of carbonyl (C=O) groups is 1. The van der Waals surface area contributed by atoms with Crippen molar-refractivity contribution in [3.8, 4) is 17.1 Å². The molecule has 0 spiro atoms. The maximum absolute atomic E-state index is 12.4. The number of rotatable bonds is 6. The summed E-state index contributed by atoms with van der Waals surface area (Å²) in [5.41, 5.74) is 4.24. The van der Waals surface area contributed by atoms with Crippen LogP contribution in [0.2, 0.25) is 5.02 Å². The zero-order valence-electron chi connectivity index (χ0n) is 16.6. The van der Waals surface area contributed by atoms with Gasteiger partial charge < -0.3 is 14.0 Å². The molecule has 10 heteroatoms. The van der Waals surface area contributed by atoms with Gasteiger partial charge in [-0.15, -0.1) is 10.2 Å². The van der Waals surface area contributed by atoms with E-state index in [0.29, 0.717) is 21.7 Å². The Hall–Kier alpha value is -3.04. The van der Waals surface area contributed by atoms with E-state index in [1.54, 1.807) is 36.8 Å². The molecular formula is C20H20ClN5O3S. The van der Waals surface area contributed by atoms with Crippen molar-refractivity contribution in [3.63, 3.8) is 0 Å². The van der Waals surface area contributed by atoms with Crippen molar-refractivity contribution in [2.75, 3.05) is 19.1 Å². The van der Waals surface area contributed by atoms with Gasteiger partial charge in [0.2, 0.25) is 5.04 Å². The third kappa shape index (κ3) is 5.11. The molecule has 0 unspecified atom stereocenters. The first-order valence-corrected chi connectivity index (χ1v) is 10.2. The van der Waals surface area contributed by atoms with Gasteiger partial charge in [0.1, 0.15) is 5.75 Å². The van der Waals surface area contributed by atoms with E-state index in [1.165, 1.54) is 0 Å². The second-order valence-electron chi connectivity index (χ2n) is 5.92. The largest absolute Gasteiger partial charge is 0.497 e. The Kier molecular flexibility index (Phi) is 7.31. The van der Waals surface area contributed by atoms with Gasteiger partial charge in [-0.25, -0.2) is 4.79 Å². The van der Waals surface area contributed by atoms with Crippen LogP contribution in [0.25, 0.3) is 11.4 Å². The monoisotopic (exact) mass is 445 g/mol. The van der Waals surface area contributed by atoms with Crippen molar-refractivity contribution < 1.29 is 14.3 Å². The molecule has 1 N–H and O–H groups in total. The third-order valence-electron chi connectivity index (χ3n) is 3.97. The molecule has 0 atom stereocenters. The summed E-state index contributed by atoms with van der Waals surface area (Å²) in [5.74, 6) is 0.816. The van der Waals surface area contributed by atoms with E-state index in [2.05, 4.69) is 20.7 Å². The van der Waals surface area contributed by atoms with Crippen molar-refractivity contribution in [2.45, 2.75) is 12.1 Å². The Morgan fingerprint density at radius 2 is 1.93 bits per heavy atom. The minimum Gasteiger partial charge on any atom is -0.497 e. The molecule has 0 radical (unpaired) electrons. The van der Waals surface area contributed by atoms with E-state index in [9.17, 15) is 4.79 Å². The first-order chi connectivity index (χ1) is 14.5. The molecule has 3 rings (SSSR count). The maximum atomic E-state index is 12.4. The highest BCUT2D eigenvalue weighted by molar-refractivity contribution is 8.15. The number of para-hydroxylation sites is 1. The number of nitrogens with one attached hydrogen (secondary N) is 1. The molecule has 0 saturated heterocycles. The Balaban J connectivity index is 1.85. The molecule has 3 aromatic rings. The van der Waals surface area contributed by atoms with Gasteiger partial charge in [-0.1, -0.05) is 23.7 Å². The van der Waals surface area contributed by atoms with Crippen LogP contribution >= 0.6 is 23.4 Å². The number of hydrogen-bond acceptors (Lipinski definition) is 8. The van der Waals surface area contributed by atoms with Gasteiger partial charge in [0.05, 0.1) is 24.4 Å². The van der Waals surface area contributed by atoms with Gasteiger partial charge in [0.25, 0.3) is 0 Å². The molecule has 8 nitrogen and oxygen atoms in total. The quantitative estimate of drug-likeness (QED) is 0.199. The topological polar surface area (TPSA) is 90.6 Å². The van der Waals surface area contributed by atoms with Crippen molar-refractivity contribution in [3.05, 3.63) is 53.6 Å². The number of hydrogen-bond donors (Lipinski definition) is 1. The number of anilines is 1. The molecule has 0 fully saturated rings. The van der Waals surface area contributed by atoms with Gasteiger partial charge in [0.15, 0.2) is 11.0 Å². The molecular weight excluding hydrogens is 426 g/mol. The van der Waals surface area contributed by atoms with Crippen molar-refractivity contribution in [2.24, 2.45) is 12.1 Å². The highest BCUT2D eigenvalue weighted by Gasteiger charge is 2.20. The molecule has 0 bridgehead atoms. The second kappa shape index (κ2) is 10.1. The molecule has 0 aliphatic heterocycles. The van der Waals surface area contributed by atoms with E-state index in [4.69, 9.17) is 21.1 Å². The first-order valence-electron chi connectivity index (χ1n) is 9.00. The normalized spacial score (nSPS) is 11.3. The summed E-state index contributed by atoms with van der Waals surface area (Å²) in [6.45, 7) is 1.95. The van der Waals surface area contributed by atoms with Crippen LogP contribution in [0, 0.1) is 0 Å². The Bertz CT molecular complexity index is 1050. The van der Waals surface area contributed by atoms with Crippen LogP contribution in [-0.4, -0.2) is 39.5 Å². The van der Waals surface area contributed by atoms with Gasteiger partial charge in [-0.3, -0.25) is 5.43 Å². The molecule has 0 aliphatic rings. The number of methoxy groups -OCH3 is 1. The molecule has 156 valence electrons. The molecule has 30 heavy (non-hydrogen) atoms. The predicted octanol–water partition coefficient (Wildman–Crippen LogP) is 4.22. The Morgan fingerprint density at radius 1 is 1.20 bits per heavy atom. The fraction of sp³-hybridized carbons (Fsp3) is 0.200.